The molecule has 7 atom stereocenters. The third-order valence-electron chi connectivity index (χ3n) is 8.84. The first-order chi connectivity index (χ1) is 21.4. The molecule has 1 saturated heterocycles. The lowest BCUT2D eigenvalue weighted by atomic mass is 9.92. The van der Waals surface area contributed by atoms with E-state index in [1.165, 1.54) is 33.0 Å². The first-order valence-corrected chi connectivity index (χ1v) is 16.6. The monoisotopic (exact) mass is 669 g/mol. The fraction of sp³-hybridized carbons (Fsp3) is 0.824. The summed E-state index contributed by atoms with van der Waals surface area (Å²) in [4.78, 5) is 86.6. The number of nitrogens with zero attached hydrogens (tertiary/aromatic N) is 3. The first-order valence-electron chi connectivity index (χ1n) is 16.6. The average Bonchev–Trinajstić information content (AvgIpc) is 2.94. The minimum absolute atomic E-state index is 0.00108. The Morgan fingerprint density at radius 3 is 1.09 bits per heavy atom. The highest BCUT2D eigenvalue weighted by molar-refractivity contribution is 5.94. The summed E-state index contributed by atoms with van der Waals surface area (Å²) >= 11 is 0. The molecule has 0 saturated carbocycles. The normalized spacial score (nSPS) is 28.1. The summed E-state index contributed by atoms with van der Waals surface area (Å²) in [5.41, 5.74) is -1.86. The molecule has 0 aromatic heterocycles. The molecule has 0 radical (unpaired) electrons. The van der Waals surface area contributed by atoms with Crippen LogP contribution in [0, 0.1) is 29.6 Å². The van der Waals surface area contributed by atoms with Crippen LogP contribution in [0.2, 0.25) is 0 Å². The molecule has 13 nitrogen and oxygen atoms in total. The predicted octanol–water partition coefficient (Wildman–Crippen LogP) is 2.66. The van der Waals surface area contributed by atoms with Crippen LogP contribution >= 0.6 is 0 Å². The van der Waals surface area contributed by atoms with Crippen LogP contribution in [0.25, 0.3) is 0 Å². The Morgan fingerprint density at radius 1 is 0.553 bits per heavy atom. The molecule has 0 bridgehead atoms. The minimum atomic E-state index is -1.86. The third kappa shape index (κ3) is 9.67. The van der Waals surface area contributed by atoms with Gasteiger partial charge in [-0.05, 0) is 42.9 Å². The van der Waals surface area contributed by atoms with Crippen molar-refractivity contribution in [3.05, 3.63) is 0 Å². The van der Waals surface area contributed by atoms with Crippen molar-refractivity contribution in [3.63, 3.8) is 0 Å². The lowest BCUT2D eigenvalue weighted by Gasteiger charge is -2.40. The summed E-state index contributed by atoms with van der Waals surface area (Å²) in [7, 11) is 4.13. The van der Waals surface area contributed by atoms with Crippen LogP contribution < -0.4 is 0 Å². The SMILES string of the molecule is CCC(C)(O)C1OC(=O)C(C(C)C)N(C)C(=O)C(C(C)C)OC(=O)C(C(C)C)N(C)C(=O)C(C(C)C)OC(=O)C(C(C)C)N(C)C1=O. The summed E-state index contributed by atoms with van der Waals surface area (Å²) in [6.45, 7) is 19.9. The van der Waals surface area contributed by atoms with Crippen molar-refractivity contribution in [2.45, 2.75) is 132 Å². The van der Waals surface area contributed by atoms with Crippen LogP contribution in [0.1, 0.15) is 89.5 Å². The van der Waals surface area contributed by atoms with E-state index in [2.05, 4.69) is 0 Å². The van der Waals surface area contributed by atoms with Crippen molar-refractivity contribution in [1.82, 2.24) is 14.7 Å². The van der Waals surface area contributed by atoms with Gasteiger partial charge in [-0.25, -0.2) is 14.4 Å². The van der Waals surface area contributed by atoms with Crippen LogP contribution in [0.4, 0.5) is 0 Å². The number of likely N-dealkylation sites (N-methyl/N-ethyl adjacent to an activating group) is 3. The molecular formula is C34H59N3O10. The van der Waals surface area contributed by atoms with Crippen LogP contribution in [-0.2, 0) is 43.0 Å². The molecule has 0 spiro atoms. The zero-order valence-corrected chi connectivity index (χ0v) is 31.0. The van der Waals surface area contributed by atoms with Gasteiger partial charge in [0.05, 0.1) is 0 Å². The summed E-state index contributed by atoms with van der Waals surface area (Å²) < 4.78 is 17.3. The molecule has 1 aliphatic rings. The van der Waals surface area contributed by atoms with Gasteiger partial charge in [-0.2, -0.15) is 0 Å². The van der Waals surface area contributed by atoms with E-state index < -0.39 is 107 Å². The second kappa shape index (κ2) is 16.7. The highest BCUT2D eigenvalue weighted by atomic mass is 16.6. The van der Waals surface area contributed by atoms with Crippen molar-refractivity contribution >= 4 is 35.6 Å². The molecule has 3 amide bonds. The van der Waals surface area contributed by atoms with Crippen molar-refractivity contribution in [3.8, 4) is 0 Å². The lowest BCUT2D eigenvalue weighted by molar-refractivity contribution is -0.188. The Labute approximate surface area is 280 Å². The van der Waals surface area contributed by atoms with E-state index in [4.69, 9.17) is 14.2 Å². The zero-order chi connectivity index (χ0) is 36.9. The van der Waals surface area contributed by atoms with Gasteiger partial charge in [0.15, 0.2) is 12.2 Å². The van der Waals surface area contributed by atoms with E-state index in [1.807, 2.05) is 0 Å². The largest absolute Gasteiger partial charge is 0.450 e. The van der Waals surface area contributed by atoms with Gasteiger partial charge in [-0.15, -0.1) is 0 Å². The molecule has 47 heavy (non-hydrogen) atoms. The standard InChI is InChI=1S/C34H59N3O10/c1-16-34(12,44)27-30(40)37(15)23(18(4)5)32(42)46-25(20(8)9)28(38)35(13)22(17(2)3)31(41)45-26(21(10)11)29(39)36(14)24(19(6)7)33(43)47-27/h17-27,44H,16H2,1-15H3. The Hall–Kier alpha value is -3.22. The van der Waals surface area contributed by atoms with Crippen molar-refractivity contribution in [1.29, 1.82) is 0 Å². The van der Waals surface area contributed by atoms with Gasteiger partial charge in [0.2, 0.25) is 6.10 Å². The van der Waals surface area contributed by atoms with Crippen molar-refractivity contribution in [2.75, 3.05) is 21.1 Å². The number of amides is 3. The highest BCUT2D eigenvalue weighted by Crippen LogP contribution is 2.27. The summed E-state index contributed by atoms with van der Waals surface area (Å²) in [5, 5.41) is 11.3. The number of aliphatic hydroxyl groups is 1. The molecule has 1 heterocycles. The second-order valence-electron chi connectivity index (χ2n) is 14.6. The molecule has 7 unspecified atom stereocenters. The van der Waals surface area contributed by atoms with Gasteiger partial charge in [-0.3, -0.25) is 14.4 Å². The molecule has 0 aromatic rings. The number of ether oxygens (including phenoxy) is 3. The quantitative estimate of drug-likeness (QED) is 0.315. The number of carbonyl (C=O) groups excluding carboxylic acids is 6. The van der Waals surface area contributed by atoms with E-state index >= 15 is 0 Å². The highest BCUT2D eigenvalue weighted by Gasteiger charge is 2.48. The maximum Gasteiger partial charge on any atom is 0.330 e. The zero-order valence-electron chi connectivity index (χ0n) is 31.0. The maximum absolute atomic E-state index is 14.1. The maximum atomic E-state index is 14.1. The van der Waals surface area contributed by atoms with Crippen LogP contribution in [-0.4, -0.2) is 119 Å². The van der Waals surface area contributed by atoms with Gasteiger partial charge in [0.1, 0.15) is 23.7 Å². The molecule has 1 N–H and O–H groups in total. The number of carbonyl (C=O) groups is 6. The Bertz CT molecular complexity index is 1140. The molecule has 0 aromatic carbocycles. The summed E-state index contributed by atoms with van der Waals surface area (Å²) in [6, 6.07) is -3.62. The van der Waals surface area contributed by atoms with Crippen molar-refractivity contribution < 1.29 is 48.1 Å². The van der Waals surface area contributed by atoms with Crippen LogP contribution in [0.15, 0.2) is 0 Å². The van der Waals surface area contributed by atoms with E-state index in [-0.39, 0.29) is 6.42 Å². The topological polar surface area (TPSA) is 160 Å². The number of rotatable bonds is 7. The Balaban J connectivity index is 4.03. The van der Waals surface area contributed by atoms with Gasteiger partial charge in [0, 0.05) is 21.1 Å². The molecule has 1 fully saturated rings. The fourth-order valence-electron chi connectivity index (χ4n) is 5.78. The molecule has 0 aliphatic carbocycles. The first kappa shape index (κ1) is 41.8. The molecule has 1 aliphatic heterocycles. The summed E-state index contributed by atoms with van der Waals surface area (Å²) in [5.74, 6) is -7.45. The Kier molecular flexibility index (Phi) is 14.9. The smallest absolute Gasteiger partial charge is 0.330 e. The van der Waals surface area contributed by atoms with E-state index in [0.717, 1.165) is 9.80 Å². The predicted molar refractivity (Wildman–Crippen MR) is 174 cm³/mol. The molecular weight excluding hydrogens is 610 g/mol. The van der Waals surface area contributed by atoms with Gasteiger partial charge >= 0.3 is 17.9 Å². The third-order valence-corrected chi connectivity index (χ3v) is 8.84. The van der Waals surface area contributed by atoms with Gasteiger partial charge < -0.3 is 34.0 Å². The van der Waals surface area contributed by atoms with Crippen LogP contribution in [0.3, 0.4) is 0 Å². The minimum Gasteiger partial charge on any atom is -0.450 e. The number of hydrogen-bond donors (Lipinski definition) is 1. The number of hydrogen-bond acceptors (Lipinski definition) is 10. The van der Waals surface area contributed by atoms with E-state index in [9.17, 15) is 33.9 Å². The molecule has 270 valence electrons. The van der Waals surface area contributed by atoms with E-state index in [0.29, 0.717) is 0 Å². The van der Waals surface area contributed by atoms with Gasteiger partial charge in [0.25, 0.3) is 17.7 Å². The molecule has 1 rings (SSSR count). The molecule has 13 heteroatoms. The second-order valence-corrected chi connectivity index (χ2v) is 14.6. The lowest BCUT2D eigenvalue weighted by Crippen LogP contribution is -2.60. The summed E-state index contributed by atoms with van der Waals surface area (Å²) in [6.07, 6.45) is -4.43. The fourth-order valence-corrected chi connectivity index (χ4v) is 5.78. The van der Waals surface area contributed by atoms with Crippen LogP contribution in [0.5, 0.6) is 0 Å². The van der Waals surface area contributed by atoms with Gasteiger partial charge in [-0.1, -0.05) is 76.2 Å². The number of esters is 3. The Morgan fingerprint density at radius 2 is 0.830 bits per heavy atom. The number of cyclic esters (lactones) is 3. The van der Waals surface area contributed by atoms with E-state index in [1.54, 1.807) is 76.2 Å². The average molecular weight is 670 g/mol. The van der Waals surface area contributed by atoms with Crippen molar-refractivity contribution in [2.24, 2.45) is 29.6 Å².